The van der Waals surface area contributed by atoms with E-state index in [0.29, 0.717) is 12.8 Å². The molecule has 164 valence electrons. The molecule has 0 aromatic carbocycles. The smallest absolute Gasteiger partial charge is 0.277 e. The van der Waals surface area contributed by atoms with Crippen LogP contribution in [0.5, 0.6) is 5.88 Å². The molecule has 1 aliphatic carbocycles. The van der Waals surface area contributed by atoms with Crippen molar-refractivity contribution in [2.75, 3.05) is 18.2 Å². The number of nitrogens with one attached hydrogen (secondary N) is 1. The third kappa shape index (κ3) is 3.40. The largest absolute Gasteiger partial charge is 0.480 e. The molecule has 0 saturated heterocycles. The fourth-order valence-electron chi connectivity index (χ4n) is 3.91. The number of halogens is 1. The van der Waals surface area contributed by atoms with Gasteiger partial charge in [0.2, 0.25) is 5.88 Å². The van der Waals surface area contributed by atoms with Gasteiger partial charge in [0.25, 0.3) is 5.91 Å². The average molecular weight is 448 g/mol. The number of pyridine rings is 1. The summed E-state index contributed by atoms with van der Waals surface area (Å²) in [5, 5.41) is 2.50. The number of ether oxygens (including phenoxy) is 1. The molecular formula is C19H21FN6O4S. The Kier molecular flexibility index (Phi) is 4.91. The van der Waals surface area contributed by atoms with Gasteiger partial charge in [-0.05, 0) is 32.3 Å². The number of methoxy groups -OCH3 is 1. The zero-order valence-electron chi connectivity index (χ0n) is 16.9. The minimum Gasteiger partial charge on any atom is -0.480 e. The lowest BCUT2D eigenvalue weighted by molar-refractivity contribution is 0.102. The number of aliphatic imine (C=N–C) groups is 1. The summed E-state index contributed by atoms with van der Waals surface area (Å²) in [4.78, 5) is 28.5. The van der Waals surface area contributed by atoms with E-state index in [1.54, 1.807) is 0 Å². The molecule has 1 spiro atoms. The van der Waals surface area contributed by atoms with Gasteiger partial charge < -0.3 is 15.8 Å². The molecule has 3 heterocycles. The van der Waals surface area contributed by atoms with Crippen LogP contribution in [0, 0.1) is 5.82 Å². The van der Waals surface area contributed by atoms with Gasteiger partial charge in [-0.2, -0.15) is 0 Å². The van der Waals surface area contributed by atoms with Crippen LogP contribution >= 0.6 is 0 Å². The number of carbonyl (C=O) groups is 1. The number of nitrogens with two attached hydrogens (primary N) is 1. The van der Waals surface area contributed by atoms with Crippen molar-refractivity contribution in [1.29, 1.82) is 0 Å². The lowest BCUT2D eigenvalue weighted by Gasteiger charge is -2.46. The van der Waals surface area contributed by atoms with Gasteiger partial charge >= 0.3 is 0 Å². The highest BCUT2D eigenvalue weighted by atomic mass is 32.2. The van der Waals surface area contributed by atoms with E-state index < -0.39 is 31.8 Å². The Labute approximate surface area is 178 Å². The molecule has 2 aliphatic rings. The van der Waals surface area contributed by atoms with E-state index in [1.165, 1.54) is 32.5 Å². The molecule has 0 unspecified atom stereocenters. The topological polar surface area (TPSA) is 150 Å². The summed E-state index contributed by atoms with van der Waals surface area (Å²) in [5.74, 6) is -1.51. The van der Waals surface area contributed by atoms with Crippen molar-refractivity contribution < 1.29 is 22.3 Å². The summed E-state index contributed by atoms with van der Waals surface area (Å²) in [6.45, 7) is 1.50. The van der Waals surface area contributed by atoms with E-state index in [9.17, 15) is 17.6 Å². The van der Waals surface area contributed by atoms with Gasteiger partial charge in [-0.1, -0.05) is 0 Å². The van der Waals surface area contributed by atoms with Crippen LogP contribution in [0.3, 0.4) is 0 Å². The van der Waals surface area contributed by atoms with E-state index in [4.69, 9.17) is 10.5 Å². The van der Waals surface area contributed by atoms with E-state index in [-0.39, 0.29) is 34.5 Å². The van der Waals surface area contributed by atoms with Crippen LogP contribution < -0.4 is 15.8 Å². The second-order valence-electron chi connectivity index (χ2n) is 7.83. The summed E-state index contributed by atoms with van der Waals surface area (Å²) >= 11 is 0. The van der Waals surface area contributed by atoms with Crippen molar-refractivity contribution in [1.82, 2.24) is 15.0 Å². The average Bonchev–Trinajstić information content (AvgIpc) is 2.67. The quantitative estimate of drug-likeness (QED) is 0.708. The first kappa shape index (κ1) is 21.1. The van der Waals surface area contributed by atoms with E-state index in [1.807, 2.05) is 0 Å². The van der Waals surface area contributed by atoms with Gasteiger partial charge in [-0.25, -0.2) is 27.8 Å². The van der Waals surface area contributed by atoms with E-state index >= 15 is 0 Å². The van der Waals surface area contributed by atoms with Crippen LogP contribution in [0.15, 0.2) is 29.6 Å². The Morgan fingerprint density at radius 3 is 2.52 bits per heavy atom. The fourth-order valence-corrected chi connectivity index (χ4v) is 6.42. The molecule has 0 radical (unpaired) electrons. The number of hydrogen-bond acceptors (Lipinski definition) is 9. The maximum atomic E-state index is 14.7. The molecule has 2 aromatic rings. The number of carbonyl (C=O) groups excluding carboxylic acids is 1. The SMILES string of the molecule is COc1cnc(C(=O)Nc2cc([C@]3(C)CS(=O)(=O)C4(CCC4)C(N)=N3)c(F)cn2)cn1. The number of anilines is 1. The van der Waals surface area contributed by atoms with Crippen LogP contribution in [0.4, 0.5) is 10.2 Å². The van der Waals surface area contributed by atoms with Gasteiger partial charge in [-0.3, -0.25) is 9.79 Å². The third-order valence-electron chi connectivity index (χ3n) is 5.81. The number of nitrogens with zero attached hydrogens (tertiary/aromatic N) is 4. The van der Waals surface area contributed by atoms with Gasteiger partial charge in [0.1, 0.15) is 33.5 Å². The molecule has 1 atom stereocenters. The number of amidine groups is 1. The van der Waals surface area contributed by atoms with Crippen molar-refractivity contribution in [3.05, 3.63) is 41.7 Å². The Balaban J connectivity index is 1.65. The number of hydrogen-bond donors (Lipinski definition) is 2. The lowest BCUT2D eigenvalue weighted by atomic mass is 9.82. The molecule has 1 aliphatic heterocycles. The highest BCUT2D eigenvalue weighted by Crippen LogP contribution is 2.47. The standard InChI is InChI=1S/C19H21FN6O4S/c1-18(10-31(28,29)19(4-3-5-19)17(21)26-18)11-6-14(23-7-12(11)20)25-16(27)13-8-24-15(30-2)9-22-13/h6-9H,3-5,10H2,1-2H3,(H2,21,26)(H,23,25,27)/t18-/m0/s1. The summed E-state index contributed by atoms with van der Waals surface area (Å²) in [7, 11) is -2.24. The molecule has 31 heavy (non-hydrogen) atoms. The van der Waals surface area contributed by atoms with Crippen molar-refractivity contribution in [2.24, 2.45) is 10.7 Å². The van der Waals surface area contributed by atoms with Crippen molar-refractivity contribution in [2.45, 2.75) is 36.5 Å². The van der Waals surface area contributed by atoms with Crippen LogP contribution in [0.1, 0.15) is 42.2 Å². The van der Waals surface area contributed by atoms with Crippen LogP contribution in [-0.4, -0.2) is 52.7 Å². The van der Waals surface area contributed by atoms with Crippen molar-refractivity contribution >= 4 is 27.4 Å². The molecule has 1 saturated carbocycles. The Hall–Kier alpha value is -3.15. The molecule has 0 bridgehead atoms. The maximum absolute atomic E-state index is 14.7. The predicted molar refractivity (Wildman–Crippen MR) is 110 cm³/mol. The van der Waals surface area contributed by atoms with Crippen molar-refractivity contribution in [3.8, 4) is 5.88 Å². The molecule has 3 N–H and O–H groups in total. The van der Waals surface area contributed by atoms with Gasteiger partial charge in [0.05, 0.1) is 31.5 Å². The zero-order chi connectivity index (χ0) is 22.4. The highest BCUT2D eigenvalue weighted by Gasteiger charge is 2.58. The maximum Gasteiger partial charge on any atom is 0.277 e. The van der Waals surface area contributed by atoms with Gasteiger partial charge in [0.15, 0.2) is 9.84 Å². The second kappa shape index (κ2) is 7.22. The molecule has 1 amide bonds. The first-order valence-electron chi connectivity index (χ1n) is 9.52. The van der Waals surface area contributed by atoms with Crippen LogP contribution in [-0.2, 0) is 15.4 Å². The molecule has 12 heteroatoms. The minimum atomic E-state index is -3.65. The molecule has 1 fully saturated rings. The summed E-state index contributed by atoms with van der Waals surface area (Å²) in [5.41, 5.74) is 4.59. The number of sulfone groups is 1. The zero-order valence-corrected chi connectivity index (χ0v) is 17.7. The molecule has 10 nitrogen and oxygen atoms in total. The molecule has 4 rings (SSSR count). The minimum absolute atomic E-state index is 0.00260. The fraction of sp³-hybridized carbons (Fsp3) is 0.421. The van der Waals surface area contributed by atoms with E-state index in [0.717, 1.165) is 12.6 Å². The third-order valence-corrected chi connectivity index (χ3v) is 8.56. The monoisotopic (exact) mass is 448 g/mol. The summed E-state index contributed by atoms with van der Waals surface area (Å²) < 4.78 is 44.5. The Bertz CT molecular complexity index is 1180. The van der Waals surface area contributed by atoms with Gasteiger partial charge in [-0.15, -0.1) is 0 Å². The summed E-state index contributed by atoms with van der Waals surface area (Å²) in [6.07, 6.45) is 4.99. The normalized spacial score (nSPS) is 23.5. The lowest BCUT2D eigenvalue weighted by Crippen LogP contribution is -2.61. The number of rotatable bonds is 4. The summed E-state index contributed by atoms with van der Waals surface area (Å²) in [6, 6.07) is 1.26. The number of amides is 1. The van der Waals surface area contributed by atoms with E-state index in [2.05, 4.69) is 25.3 Å². The second-order valence-corrected chi connectivity index (χ2v) is 10.1. The predicted octanol–water partition coefficient (Wildman–Crippen LogP) is 1.20. The first-order valence-corrected chi connectivity index (χ1v) is 11.2. The molecule has 2 aromatic heterocycles. The molecular weight excluding hydrogens is 427 g/mol. The Morgan fingerprint density at radius 1 is 1.23 bits per heavy atom. The van der Waals surface area contributed by atoms with Crippen LogP contribution in [0.2, 0.25) is 0 Å². The van der Waals surface area contributed by atoms with Crippen LogP contribution in [0.25, 0.3) is 0 Å². The van der Waals surface area contributed by atoms with Gasteiger partial charge in [0, 0.05) is 5.56 Å². The number of aromatic nitrogens is 3. The van der Waals surface area contributed by atoms with Crippen molar-refractivity contribution in [3.63, 3.8) is 0 Å². The Morgan fingerprint density at radius 2 is 1.97 bits per heavy atom. The highest BCUT2D eigenvalue weighted by molar-refractivity contribution is 7.93. The first-order chi connectivity index (χ1) is 14.6.